The molecule has 64 valence electrons. The van der Waals surface area contributed by atoms with E-state index >= 15 is 0 Å². The molecule has 0 aromatic carbocycles. The molecule has 1 aliphatic heterocycles. The topological polar surface area (TPSA) is 12.0 Å². The van der Waals surface area contributed by atoms with E-state index in [4.69, 9.17) is 0 Å². The molecule has 0 aromatic heterocycles. The number of piperidine rings is 1. The Morgan fingerprint density at radius 2 is 2.09 bits per heavy atom. The summed E-state index contributed by atoms with van der Waals surface area (Å²) in [4.78, 5) is 0. The van der Waals surface area contributed by atoms with Gasteiger partial charge < -0.3 is 5.32 Å². The minimum absolute atomic E-state index is 0.835. The van der Waals surface area contributed by atoms with E-state index in [0.29, 0.717) is 0 Å². The molecule has 2 rings (SSSR count). The Morgan fingerprint density at radius 3 is 2.73 bits per heavy atom. The van der Waals surface area contributed by atoms with Gasteiger partial charge in [-0.2, -0.15) is 0 Å². The number of hydrogen-bond acceptors (Lipinski definition) is 1. The van der Waals surface area contributed by atoms with Gasteiger partial charge in [0.2, 0.25) is 0 Å². The first kappa shape index (κ1) is 7.60. The predicted octanol–water partition coefficient (Wildman–Crippen LogP) is 2.18. The van der Waals surface area contributed by atoms with E-state index in [1.54, 1.807) is 6.42 Å². The van der Waals surface area contributed by atoms with E-state index in [2.05, 4.69) is 12.2 Å². The maximum Gasteiger partial charge on any atom is -0.00435 e. The Bertz CT molecular complexity index is 136. The molecule has 1 saturated carbocycles. The third kappa shape index (κ3) is 1.31. The molecule has 1 spiro atoms. The van der Waals surface area contributed by atoms with E-state index in [1.165, 1.54) is 38.8 Å². The minimum atomic E-state index is 0.835. The van der Waals surface area contributed by atoms with Crippen LogP contribution in [0.4, 0.5) is 0 Å². The molecule has 1 nitrogen and oxygen atoms in total. The molecule has 1 saturated heterocycles. The van der Waals surface area contributed by atoms with Crippen molar-refractivity contribution in [3.05, 3.63) is 0 Å². The minimum Gasteiger partial charge on any atom is -0.317 e. The molecular weight excluding hydrogens is 134 g/mol. The van der Waals surface area contributed by atoms with Crippen molar-refractivity contribution in [2.24, 2.45) is 11.3 Å². The molecule has 1 unspecified atom stereocenters. The normalized spacial score (nSPS) is 34.1. The molecule has 1 atom stereocenters. The molecule has 2 aliphatic rings. The van der Waals surface area contributed by atoms with Crippen molar-refractivity contribution in [3.8, 4) is 0 Å². The third-order valence-electron chi connectivity index (χ3n) is 3.60. The van der Waals surface area contributed by atoms with Gasteiger partial charge in [-0.1, -0.05) is 19.8 Å². The molecule has 1 heteroatoms. The Morgan fingerprint density at radius 1 is 1.36 bits per heavy atom. The second-order valence-electron chi connectivity index (χ2n) is 4.30. The largest absolute Gasteiger partial charge is 0.317 e. The molecule has 1 heterocycles. The van der Waals surface area contributed by atoms with Crippen molar-refractivity contribution >= 4 is 0 Å². The summed E-state index contributed by atoms with van der Waals surface area (Å²) in [6.45, 7) is 4.87. The van der Waals surface area contributed by atoms with Crippen molar-refractivity contribution in [2.75, 3.05) is 13.1 Å². The van der Waals surface area contributed by atoms with Gasteiger partial charge in [0.05, 0.1) is 0 Å². The van der Waals surface area contributed by atoms with E-state index in [9.17, 15) is 0 Å². The SMILES string of the molecule is CCCC1CC12CCNCC2. The number of hydrogen-bond donors (Lipinski definition) is 1. The average molecular weight is 153 g/mol. The van der Waals surface area contributed by atoms with Gasteiger partial charge in [0.15, 0.2) is 0 Å². The summed E-state index contributed by atoms with van der Waals surface area (Å²) in [6.07, 6.45) is 7.33. The monoisotopic (exact) mass is 153 g/mol. The molecule has 1 N–H and O–H groups in total. The first-order valence-electron chi connectivity index (χ1n) is 5.08. The third-order valence-corrected chi connectivity index (χ3v) is 3.60. The molecule has 0 bridgehead atoms. The summed E-state index contributed by atoms with van der Waals surface area (Å²) < 4.78 is 0. The van der Waals surface area contributed by atoms with Crippen LogP contribution in [-0.4, -0.2) is 13.1 Å². The summed E-state index contributed by atoms with van der Waals surface area (Å²) in [5.41, 5.74) is 0.835. The van der Waals surface area contributed by atoms with Crippen molar-refractivity contribution in [3.63, 3.8) is 0 Å². The Balaban J connectivity index is 1.84. The van der Waals surface area contributed by atoms with Gasteiger partial charge in [0.25, 0.3) is 0 Å². The van der Waals surface area contributed by atoms with Gasteiger partial charge in [-0.05, 0) is 43.7 Å². The van der Waals surface area contributed by atoms with Crippen LogP contribution in [0.5, 0.6) is 0 Å². The Kier molecular flexibility index (Phi) is 1.92. The number of rotatable bonds is 2. The van der Waals surface area contributed by atoms with Crippen LogP contribution in [0, 0.1) is 11.3 Å². The van der Waals surface area contributed by atoms with E-state index in [0.717, 1.165) is 11.3 Å². The van der Waals surface area contributed by atoms with Crippen molar-refractivity contribution in [1.82, 2.24) is 5.32 Å². The number of nitrogens with one attached hydrogen (secondary N) is 1. The molecule has 2 fully saturated rings. The van der Waals surface area contributed by atoms with Gasteiger partial charge in [0.1, 0.15) is 0 Å². The van der Waals surface area contributed by atoms with Crippen LogP contribution in [0.2, 0.25) is 0 Å². The highest BCUT2D eigenvalue weighted by Gasteiger charge is 2.52. The Labute approximate surface area is 69.6 Å². The van der Waals surface area contributed by atoms with Crippen molar-refractivity contribution < 1.29 is 0 Å². The molecule has 1 aliphatic carbocycles. The standard InChI is InChI=1S/C10H19N/c1-2-3-9-8-10(9)4-6-11-7-5-10/h9,11H,2-8H2,1H3. The van der Waals surface area contributed by atoms with Crippen molar-refractivity contribution in [1.29, 1.82) is 0 Å². The molecular formula is C10H19N. The van der Waals surface area contributed by atoms with E-state index < -0.39 is 0 Å². The van der Waals surface area contributed by atoms with Gasteiger partial charge in [0, 0.05) is 0 Å². The lowest BCUT2D eigenvalue weighted by molar-refractivity contribution is 0.317. The summed E-state index contributed by atoms with van der Waals surface area (Å²) in [7, 11) is 0. The van der Waals surface area contributed by atoms with Crippen LogP contribution in [0.3, 0.4) is 0 Å². The summed E-state index contributed by atoms with van der Waals surface area (Å²) in [5, 5.41) is 3.44. The predicted molar refractivity (Wildman–Crippen MR) is 47.6 cm³/mol. The molecule has 0 aromatic rings. The maximum atomic E-state index is 3.44. The van der Waals surface area contributed by atoms with E-state index in [1.807, 2.05) is 0 Å². The van der Waals surface area contributed by atoms with Gasteiger partial charge in [-0.15, -0.1) is 0 Å². The zero-order valence-electron chi connectivity index (χ0n) is 7.53. The smallest absolute Gasteiger partial charge is 0.00435 e. The van der Waals surface area contributed by atoms with Crippen LogP contribution in [0.25, 0.3) is 0 Å². The lowest BCUT2D eigenvalue weighted by Crippen LogP contribution is -2.29. The first-order valence-corrected chi connectivity index (χ1v) is 5.08. The summed E-state index contributed by atoms with van der Waals surface area (Å²) in [5.74, 6) is 1.11. The lowest BCUT2D eigenvalue weighted by Gasteiger charge is -2.23. The zero-order chi connectivity index (χ0) is 7.73. The molecule has 0 radical (unpaired) electrons. The average Bonchev–Trinajstić information content (AvgIpc) is 2.66. The summed E-state index contributed by atoms with van der Waals surface area (Å²) in [6, 6.07) is 0. The highest BCUT2D eigenvalue weighted by atomic mass is 14.9. The van der Waals surface area contributed by atoms with Crippen LogP contribution in [-0.2, 0) is 0 Å². The van der Waals surface area contributed by atoms with Crippen molar-refractivity contribution in [2.45, 2.75) is 39.0 Å². The fourth-order valence-electron chi connectivity index (χ4n) is 2.73. The first-order chi connectivity index (χ1) is 5.37. The highest BCUT2D eigenvalue weighted by molar-refractivity contribution is 5.03. The van der Waals surface area contributed by atoms with Crippen LogP contribution in [0.1, 0.15) is 39.0 Å². The van der Waals surface area contributed by atoms with Crippen LogP contribution in [0.15, 0.2) is 0 Å². The van der Waals surface area contributed by atoms with Gasteiger partial charge >= 0.3 is 0 Å². The lowest BCUT2D eigenvalue weighted by atomic mass is 9.91. The quantitative estimate of drug-likeness (QED) is 0.641. The fraction of sp³-hybridized carbons (Fsp3) is 1.00. The highest BCUT2D eigenvalue weighted by Crippen LogP contribution is 2.60. The van der Waals surface area contributed by atoms with Gasteiger partial charge in [-0.25, -0.2) is 0 Å². The molecule has 11 heavy (non-hydrogen) atoms. The summed E-state index contributed by atoms with van der Waals surface area (Å²) >= 11 is 0. The second-order valence-corrected chi connectivity index (χ2v) is 4.30. The fourth-order valence-corrected chi connectivity index (χ4v) is 2.73. The van der Waals surface area contributed by atoms with Crippen LogP contribution < -0.4 is 5.32 Å². The van der Waals surface area contributed by atoms with E-state index in [-0.39, 0.29) is 0 Å². The Hall–Kier alpha value is -0.0400. The van der Waals surface area contributed by atoms with Gasteiger partial charge in [-0.3, -0.25) is 0 Å². The molecule has 0 amide bonds. The zero-order valence-corrected chi connectivity index (χ0v) is 7.53. The second kappa shape index (κ2) is 2.78. The maximum absolute atomic E-state index is 3.44. The van der Waals surface area contributed by atoms with Crippen LogP contribution >= 0.6 is 0 Å².